The maximum Gasteiger partial charge on any atom is 0.264 e. The van der Waals surface area contributed by atoms with Gasteiger partial charge in [-0.1, -0.05) is 25.3 Å². The van der Waals surface area contributed by atoms with Crippen LogP contribution >= 0.6 is 0 Å². The van der Waals surface area contributed by atoms with Crippen molar-refractivity contribution in [3.8, 4) is 0 Å². The summed E-state index contributed by atoms with van der Waals surface area (Å²) >= 11 is 0. The van der Waals surface area contributed by atoms with E-state index in [4.69, 9.17) is 4.74 Å². The Balaban J connectivity index is 1.03. The van der Waals surface area contributed by atoms with E-state index in [0.29, 0.717) is 35.8 Å². The van der Waals surface area contributed by atoms with Gasteiger partial charge in [0.1, 0.15) is 6.04 Å². The molecule has 1 aliphatic carbocycles. The highest BCUT2D eigenvalue weighted by Crippen LogP contribution is 2.36. The van der Waals surface area contributed by atoms with E-state index in [0.717, 1.165) is 56.5 Å². The average molecular weight is 551 g/mol. The van der Waals surface area contributed by atoms with Gasteiger partial charge in [0, 0.05) is 38.5 Å². The molecule has 5 aliphatic rings. The summed E-state index contributed by atoms with van der Waals surface area (Å²) < 4.78 is 6.47. The third kappa shape index (κ3) is 5.13. The van der Waals surface area contributed by atoms with Crippen molar-refractivity contribution in [1.29, 1.82) is 0 Å². The summed E-state index contributed by atoms with van der Waals surface area (Å²) in [5, 5.41) is 2.25. The first-order valence-corrected chi connectivity index (χ1v) is 14.9. The summed E-state index contributed by atoms with van der Waals surface area (Å²) in [4.78, 5) is 68.7. The van der Waals surface area contributed by atoms with E-state index in [2.05, 4.69) is 10.2 Å². The Bertz CT molecular complexity index is 1190. The molecule has 40 heavy (non-hydrogen) atoms. The Morgan fingerprint density at radius 3 is 2.15 bits per heavy atom. The highest BCUT2D eigenvalue weighted by atomic mass is 16.5. The molecule has 0 radical (unpaired) electrons. The molecule has 1 aromatic rings. The molecule has 10 heteroatoms. The standard InChI is InChI=1S/C30H38N4O6/c35-25-10-9-24(27(36)31-25)34-29(38)22-7-4-8-23(26(22)30(34)39)32-15-11-20(12-16-32)40-21-13-17-33(18-14-21)28(37)19-5-2-1-3-6-19/h4,7-8,19-21,24H,1-3,5-6,9-18H2,(H,31,35,36). The first-order chi connectivity index (χ1) is 19.4. The van der Waals surface area contributed by atoms with Crippen molar-refractivity contribution in [2.24, 2.45) is 5.92 Å². The zero-order valence-electron chi connectivity index (χ0n) is 22.9. The molecule has 6 rings (SSSR count). The summed E-state index contributed by atoms with van der Waals surface area (Å²) in [6.45, 7) is 2.93. The van der Waals surface area contributed by atoms with Crippen LogP contribution in [-0.4, -0.2) is 83.8 Å². The van der Waals surface area contributed by atoms with E-state index in [1.165, 1.54) is 19.3 Å². The number of likely N-dealkylation sites (tertiary alicyclic amines) is 1. The normalized spacial score (nSPS) is 25.4. The SMILES string of the molecule is O=C1CCC(N2C(=O)c3cccc(N4CCC(OC5CCN(C(=O)C6CCCCC6)CC5)CC4)c3C2=O)C(=O)N1. The van der Waals surface area contributed by atoms with Gasteiger partial charge in [-0.15, -0.1) is 0 Å². The molecule has 4 fully saturated rings. The molecule has 4 aliphatic heterocycles. The number of anilines is 1. The lowest BCUT2D eigenvalue weighted by molar-refractivity contribution is -0.140. The molecule has 1 N–H and O–H groups in total. The van der Waals surface area contributed by atoms with E-state index < -0.39 is 23.8 Å². The fourth-order valence-electron chi connectivity index (χ4n) is 7.09. The van der Waals surface area contributed by atoms with Gasteiger partial charge in [0.05, 0.1) is 29.0 Å². The van der Waals surface area contributed by atoms with Gasteiger partial charge in [0.15, 0.2) is 0 Å². The van der Waals surface area contributed by atoms with Crippen LogP contribution in [0.2, 0.25) is 0 Å². The molecule has 0 aromatic heterocycles. The second-order valence-corrected chi connectivity index (χ2v) is 11.8. The van der Waals surface area contributed by atoms with Crippen LogP contribution < -0.4 is 10.2 Å². The lowest BCUT2D eigenvalue weighted by Gasteiger charge is -2.39. The lowest BCUT2D eigenvalue weighted by atomic mass is 9.88. The summed E-state index contributed by atoms with van der Waals surface area (Å²) in [6.07, 6.45) is 9.54. The predicted octanol–water partition coefficient (Wildman–Crippen LogP) is 2.64. The minimum atomic E-state index is -0.971. The molecule has 3 saturated heterocycles. The summed E-state index contributed by atoms with van der Waals surface area (Å²) in [7, 11) is 0. The summed E-state index contributed by atoms with van der Waals surface area (Å²) in [5.41, 5.74) is 1.35. The topological polar surface area (TPSA) is 116 Å². The molecule has 1 unspecified atom stereocenters. The molecule has 0 bridgehead atoms. The Labute approximate surface area is 234 Å². The van der Waals surface area contributed by atoms with Gasteiger partial charge in [0.25, 0.3) is 11.8 Å². The van der Waals surface area contributed by atoms with E-state index in [1.807, 2.05) is 11.0 Å². The smallest absolute Gasteiger partial charge is 0.264 e. The Kier molecular flexibility index (Phi) is 7.61. The van der Waals surface area contributed by atoms with Crippen LogP contribution in [-0.2, 0) is 19.1 Å². The van der Waals surface area contributed by atoms with Gasteiger partial charge in [-0.05, 0) is 57.1 Å². The summed E-state index contributed by atoms with van der Waals surface area (Å²) in [5.74, 6) is -1.39. The second-order valence-electron chi connectivity index (χ2n) is 11.8. The number of hydrogen-bond acceptors (Lipinski definition) is 7. The molecule has 5 amide bonds. The molecule has 214 valence electrons. The minimum absolute atomic E-state index is 0.0973. The lowest BCUT2D eigenvalue weighted by Crippen LogP contribution is -2.54. The van der Waals surface area contributed by atoms with Crippen LogP contribution in [0.3, 0.4) is 0 Å². The Morgan fingerprint density at radius 1 is 0.800 bits per heavy atom. The number of piperidine rings is 3. The monoisotopic (exact) mass is 550 g/mol. The van der Waals surface area contributed by atoms with Crippen LogP contribution in [0.5, 0.6) is 0 Å². The number of fused-ring (bicyclic) bond motifs is 1. The molecular weight excluding hydrogens is 512 g/mol. The zero-order chi connectivity index (χ0) is 27.8. The van der Waals surface area contributed by atoms with Crippen molar-refractivity contribution in [3.63, 3.8) is 0 Å². The van der Waals surface area contributed by atoms with E-state index in [9.17, 15) is 24.0 Å². The number of nitrogens with zero attached hydrogens (tertiary/aromatic N) is 3. The van der Waals surface area contributed by atoms with E-state index >= 15 is 0 Å². The van der Waals surface area contributed by atoms with Gasteiger partial charge >= 0.3 is 0 Å². The first-order valence-electron chi connectivity index (χ1n) is 14.9. The second kappa shape index (κ2) is 11.3. The predicted molar refractivity (Wildman–Crippen MR) is 146 cm³/mol. The number of rotatable bonds is 5. The number of carbonyl (C=O) groups excluding carboxylic acids is 5. The van der Waals surface area contributed by atoms with Crippen LogP contribution in [0.25, 0.3) is 0 Å². The van der Waals surface area contributed by atoms with Gasteiger partial charge in [-0.3, -0.25) is 34.2 Å². The number of amides is 5. The first kappa shape index (κ1) is 26.9. The van der Waals surface area contributed by atoms with E-state index in [1.54, 1.807) is 12.1 Å². The van der Waals surface area contributed by atoms with Crippen LogP contribution in [0.4, 0.5) is 5.69 Å². The molecule has 1 atom stereocenters. The average Bonchev–Trinajstić information content (AvgIpc) is 3.23. The largest absolute Gasteiger partial charge is 0.375 e. The number of hydrogen-bond donors (Lipinski definition) is 1. The van der Waals surface area contributed by atoms with Crippen LogP contribution in [0, 0.1) is 5.92 Å². The third-order valence-corrected chi connectivity index (χ3v) is 9.32. The Hall–Kier alpha value is -3.27. The quantitative estimate of drug-likeness (QED) is 0.561. The highest BCUT2D eigenvalue weighted by molar-refractivity contribution is 6.25. The van der Waals surface area contributed by atoms with Crippen molar-refractivity contribution < 1.29 is 28.7 Å². The van der Waals surface area contributed by atoms with Crippen molar-refractivity contribution in [2.45, 2.75) is 88.9 Å². The molecule has 0 spiro atoms. The fraction of sp³-hybridized carbons (Fsp3) is 0.633. The van der Waals surface area contributed by atoms with E-state index in [-0.39, 0.29) is 36.9 Å². The summed E-state index contributed by atoms with van der Waals surface area (Å²) in [6, 6.07) is 4.30. The van der Waals surface area contributed by atoms with Gasteiger partial charge in [-0.2, -0.15) is 0 Å². The van der Waals surface area contributed by atoms with Crippen molar-refractivity contribution in [1.82, 2.24) is 15.1 Å². The number of nitrogens with one attached hydrogen (secondary N) is 1. The Morgan fingerprint density at radius 2 is 1.48 bits per heavy atom. The van der Waals surface area contributed by atoms with Gasteiger partial charge < -0.3 is 14.5 Å². The van der Waals surface area contributed by atoms with Gasteiger partial charge in [0.2, 0.25) is 17.7 Å². The highest BCUT2D eigenvalue weighted by Gasteiger charge is 2.46. The fourth-order valence-corrected chi connectivity index (χ4v) is 7.09. The minimum Gasteiger partial charge on any atom is -0.375 e. The molecule has 1 aromatic carbocycles. The van der Waals surface area contributed by atoms with Gasteiger partial charge in [-0.25, -0.2) is 0 Å². The molecule has 4 heterocycles. The molecular formula is C30H38N4O6. The number of ether oxygens (including phenoxy) is 1. The number of imide groups is 2. The number of carbonyl (C=O) groups is 5. The molecule has 1 saturated carbocycles. The van der Waals surface area contributed by atoms with Crippen molar-refractivity contribution in [2.75, 3.05) is 31.1 Å². The molecule has 10 nitrogen and oxygen atoms in total. The maximum absolute atomic E-state index is 13.5. The zero-order valence-corrected chi connectivity index (χ0v) is 22.9. The maximum atomic E-state index is 13.5. The third-order valence-electron chi connectivity index (χ3n) is 9.32. The van der Waals surface area contributed by atoms with Crippen LogP contribution in [0.1, 0.15) is 91.3 Å². The van der Waals surface area contributed by atoms with Crippen LogP contribution in [0.15, 0.2) is 18.2 Å². The number of benzene rings is 1. The van der Waals surface area contributed by atoms with Crippen molar-refractivity contribution >= 4 is 35.2 Å². The van der Waals surface area contributed by atoms with Crippen molar-refractivity contribution in [3.05, 3.63) is 29.3 Å².